The Morgan fingerprint density at radius 3 is 2.59 bits per heavy atom. The third-order valence-corrected chi connectivity index (χ3v) is 7.91. The summed E-state index contributed by atoms with van der Waals surface area (Å²) in [7, 11) is 0. The first-order chi connectivity index (χ1) is 12.8. The van der Waals surface area contributed by atoms with Crippen molar-refractivity contribution in [2.45, 2.75) is 53.9 Å². The summed E-state index contributed by atoms with van der Waals surface area (Å²) >= 11 is 1.67. The van der Waals surface area contributed by atoms with E-state index in [1.54, 1.807) is 11.3 Å². The summed E-state index contributed by atoms with van der Waals surface area (Å²) in [5.74, 6) is 1.66. The molecule has 0 aliphatic heterocycles. The molecule has 2 fully saturated rings. The van der Waals surface area contributed by atoms with Crippen LogP contribution in [0, 0.1) is 23.7 Å². The van der Waals surface area contributed by atoms with Crippen LogP contribution in [0.3, 0.4) is 0 Å². The van der Waals surface area contributed by atoms with Crippen LogP contribution in [0.2, 0.25) is 0 Å². The SMILES string of the molecule is CCOc1ccc(-c2nc(N/N=C3/C[C@H]4CC[C@]3(C)C4(C)C)sc2C)cc1. The quantitative estimate of drug-likeness (QED) is 0.632. The molecule has 0 unspecified atom stereocenters. The summed E-state index contributed by atoms with van der Waals surface area (Å²) in [5.41, 5.74) is 7.28. The molecular formula is C22H29N3OS. The molecule has 1 N–H and O–H groups in total. The van der Waals surface area contributed by atoms with Crippen LogP contribution in [0.1, 0.15) is 51.8 Å². The summed E-state index contributed by atoms with van der Waals surface area (Å²) in [4.78, 5) is 5.99. The van der Waals surface area contributed by atoms with Crippen LogP contribution in [0.4, 0.5) is 5.13 Å². The molecular weight excluding hydrogens is 354 g/mol. The van der Waals surface area contributed by atoms with E-state index in [9.17, 15) is 0 Å². The Balaban J connectivity index is 1.53. The van der Waals surface area contributed by atoms with Crippen LogP contribution in [0.15, 0.2) is 29.4 Å². The molecule has 4 rings (SSSR count). The molecule has 144 valence electrons. The predicted octanol–water partition coefficient (Wildman–Crippen LogP) is 6.13. The van der Waals surface area contributed by atoms with E-state index in [2.05, 4.69) is 45.3 Å². The van der Waals surface area contributed by atoms with Gasteiger partial charge in [-0.3, -0.25) is 5.43 Å². The fraction of sp³-hybridized carbons (Fsp3) is 0.545. The van der Waals surface area contributed by atoms with Crippen molar-refractivity contribution in [2.24, 2.45) is 21.8 Å². The summed E-state index contributed by atoms with van der Waals surface area (Å²) in [5, 5.41) is 5.69. The fourth-order valence-electron chi connectivity index (χ4n) is 4.80. The minimum absolute atomic E-state index is 0.217. The Morgan fingerprint density at radius 2 is 2.00 bits per heavy atom. The number of nitrogens with zero attached hydrogens (tertiary/aromatic N) is 2. The summed E-state index contributed by atoms with van der Waals surface area (Å²) in [6.07, 6.45) is 3.70. The lowest BCUT2D eigenvalue weighted by Gasteiger charge is -2.34. The second kappa shape index (κ2) is 6.62. The third kappa shape index (κ3) is 2.96. The number of rotatable bonds is 5. The van der Waals surface area contributed by atoms with Gasteiger partial charge in [0.1, 0.15) is 5.75 Å². The molecule has 0 radical (unpaired) electrons. The van der Waals surface area contributed by atoms with Gasteiger partial charge in [-0.2, -0.15) is 5.10 Å². The zero-order valence-corrected chi connectivity index (χ0v) is 17.7. The van der Waals surface area contributed by atoms with Gasteiger partial charge in [0.15, 0.2) is 0 Å². The highest BCUT2D eigenvalue weighted by Gasteiger charge is 2.59. The molecule has 2 bridgehead atoms. The fourth-order valence-corrected chi connectivity index (χ4v) is 5.58. The average molecular weight is 384 g/mol. The highest BCUT2D eigenvalue weighted by Crippen LogP contribution is 2.63. The van der Waals surface area contributed by atoms with Crippen molar-refractivity contribution < 1.29 is 4.74 Å². The Morgan fingerprint density at radius 1 is 1.26 bits per heavy atom. The highest BCUT2D eigenvalue weighted by molar-refractivity contribution is 7.16. The van der Waals surface area contributed by atoms with Crippen LogP contribution >= 0.6 is 11.3 Å². The smallest absolute Gasteiger partial charge is 0.204 e. The lowest BCUT2D eigenvalue weighted by Crippen LogP contribution is -2.32. The maximum atomic E-state index is 5.53. The van der Waals surface area contributed by atoms with Crippen LogP contribution < -0.4 is 10.2 Å². The Hall–Kier alpha value is -1.88. The lowest BCUT2D eigenvalue weighted by atomic mass is 9.70. The Labute approximate surface area is 166 Å². The first kappa shape index (κ1) is 18.5. The van der Waals surface area contributed by atoms with Crippen LogP contribution in [-0.4, -0.2) is 17.3 Å². The Bertz CT molecular complexity index is 868. The third-order valence-electron chi connectivity index (χ3n) is 7.03. The molecule has 1 heterocycles. The molecule has 2 aromatic rings. The second-order valence-electron chi connectivity index (χ2n) is 8.55. The van der Waals surface area contributed by atoms with Crippen molar-refractivity contribution >= 4 is 22.2 Å². The summed E-state index contributed by atoms with van der Waals surface area (Å²) in [6, 6.07) is 8.15. The molecule has 1 aromatic carbocycles. The number of aromatic nitrogens is 1. The van der Waals surface area contributed by atoms with Gasteiger partial charge in [-0.15, -0.1) is 11.3 Å². The Kier molecular flexibility index (Phi) is 4.53. The first-order valence-electron chi connectivity index (χ1n) is 9.89. The van der Waals surface area contributed by atoms with Crippen molar-refractivity contribution in [3.05, 3.63) is 29.1 Å². The van der Waals surface area contributed by atoms with Crippen LogP contribution in [0.25, 0.3) is 11.3 Å². The molecule has 5 heteroatoms. The van der Waals surface area contributed by atoms with Gasteiger partial charge in [-0.05, 0) is 68.7 Å². The zero-order chi connectivity index (χ0) is 19.2. The minimum Gasteiger partial charge on any atom is -0.494 e. The van der Waals surface area contributed by atoms with E-state index in [4.69, 9.17) is 14.8 Å². The van der Waals surface area contributed by atoms with E-state index < -0.39 is 0 Å². The maximum Gasteiger partial charge on any atom is 0.204 e. The van der Waals surface area contributed by atoms with E-state index in [0.717, 1.165) is 34.5 Å². The second-order valence-corrected chi connectivity index (χ2v) is 9.75. The van der Waals surface area contributed by atoms with Crippen molar-refractivity contribution in [1.29, 1.82) is 0 Å². The molecule has 0 saturated heterocycles. The number of anilines is 1. The van der Waals surface area contributed by atoms with Gasteiger partial charge in [0, 0.05) is 21.6 Å². The van der Waals surface area contributed by atoms with E-state index in [1.807, 2.05) is 19.1 Å². The largest absolute Gasteiger partial charge is 0.494 e. The van der Waals surface area contributed by atoms with E-state index >= 15 is 0 Å². The molecule has 4 nitrogen and oxygen atoms in total. The lowest BCUT2D eigenvalue weighted by molar-refractivity contribution is 0.194. The number of ether oxygens (including phenoxy) is 1. The number of benzene rings is 1. The van der Waals surface area contributed by atoms with Gasteiger partial charge in [-0.25, -0.2) is 4.98 Å². The molecule has 2 saturated carbocycles. The van der Waals surface area contributed by atoms with Crippen molar-refractivity contribution in [3.8, 4) is 17.0 Å². The molecule has 2 aliphatic carbocycles. The number of hydrazone groups is 1. The van der Waals surface area contributed by atoms with Crippen LogP contribution in [0.5, 0.6) is 5.75 Å². The first-order valence-corrected chi connectivity index (χ1v) is 10.7. The van der Waals surface area contributed by atoms with E-state index in [-0.39, 0.29) is 5.41 Å². The average Bonchev–Trinajstić information content (AvgIpc) is 3.18. The van der Waals surface area contributed by atoms with Gasteiger partial charge in [0.25, 0.3) is 0 Å². The van der Waals surface area contributed by atoms with Gasteiger partial charge < -0.3 is 4.74 Å². The summed E-state index contributed by atoms with van der Waals surface area (Å²) < 4.78 is 5.53. The van der Waals surface area contributed by atoms with E-state index in [1.165, 1.54) is 23.4 Å². The predicted molar refractivity (Wildman–Crippen MR) is 114 cm³/mol. The maximum absolute atomic E-state index is 5.53. The van der Waals surface area contributed by atoms with Gasteiger partial charge in [0.05, 0.1) is 12.3 Å². The van der Waals surface area contributed by atoms with Crippen molar-refractivity contribution in [2.75, 3.05) is 12.0 Å². The van der Waals surface area contributed by atoms with E-state index in [0.29, 0.717) is 12.0 Å². The number of nitrogens with one attached hydrogen (secondary N) is 1. The molecule has 2 atom stereocenters. The van der Waals surface area contributed by atoms with Crippen molar-refractivity contribution in [3.63, 3.8) is 0 Å². The normalized spacial score (nSPS) is 27.3. The van der Waals surface area contributed by atoms with Gasteiger partial charge >= 0.3 is 0 Å². The van der Waals surface area contributed by atoms with Gasteiger partial charge in [-0.1, -0.05) is 20.8 Å². The number of thiazole rings is 1. The standard InChI is InChI=1S/C22H29N3OS/c1-6-26-17-9-7-15(8-10-17)19-14(2)27-20(23-19)25-24-18-13-16-11-12-22(18,5)21(16,3)4/h7-10,16H,6,11-13H2,1-5H3,(H,23,25)/b24-18-/t16-,22+/m1/s1. The van der Waals surface area contributed by atoms with Crippen LogP contribution in [-0.2, 0) is 0 Å². The molecule has 0 spiro atoms. The number of fused-ring (bicyclic) bond motifs is 2. The number of hydrogen-bond donors (Lipinski definition) is 1. The monoisotopic (exact) mass is 383 g/mol. The number of aryl methyl sites for hydroxylation is 1. The molecule has 0 amide bonds. The molecule has 27 heavy (non-hydrogen) atoms. The van der Waals surface area contributed by atoms with Crippen molar-refractivity contribution in [1.82, 2.24) is 4.98 Å². The zero-order valence-electron chi connectivity index (χ0n) is 16.9. The van der Waals surface area contributed by atoms with Gasteiger partial charge in [0.2, 0.25) is 5.13 Å². The minimum atomic E-state index is 0.217. The number of hydrogen-bond acceptors (Lipinski definition) is 5. The molecule has 2 aliphatic rings. The highest BCUT2D eigenvalue weighted by atomic mass is 32.1. The molecule has 1 aromatic heterocycles. The summed E-state index contributed by atoms with van der Waals surface area (Å²) in [6.45, 7) is 12.0. The topological polar surface area (TPSA) is 46.5 Å².